The molecule has 2 aromatic rings. The van der Waals surface area contributed by atoms with Crippen LogP contribution in [0, 0.1) is 0 Å². The molecule has 0 aliphatic carbocycles. The summed E-state index contributed by atoms with van der Waals surface area (Å²) in [5.74, 6) is -0.819. The lowest BCUT2D eigenvalue weighted by atomic mass is 9.92. The third-order valence-corrected chi connectivity index (χ3v) is 5.18. The van der Waals surface area contributed by atoms with Gasteiger partial charge < -0.3 is 4.90 Å². The van der Waals surface area contributed by atoms with Crippen LogP contribution in [0.2, 0.25) is 0 Å². The molecule has 2 aliphatic rings. The van der Waals surface area contributed by atoms with Crippen LogP contribution in [-0.4, -0.2) is 28.7 Å². The lowest BCUT2D eigenvalue weighted by Gasteiger charge is -2.36. The highest BCUT2D eigenvalue weighted by Gasteiger charge is 2.37. The summed E-state index contributed by atoms with van der Waals surface area (Å²) in [6.07, 6.45) is 0.635. The first-order valence-corrected chi connectivity index (χ1v) is 8.20. The van der Waals surface area contributed by atoms with Gasteiger partial charge in [0.2, 0.25) is 11.8 Å². The van der Waals surface area contributed by atoms with Crippen molar-refractivity contribution in [2.24, 2.45) is 0 Å². The lowest BCUT2D eigenvalue weighted by molar-refractivity contribution is -0.137. The molecule has 0 spiro atoms. The van der Waals surface area contributed by atoms with Crippen molar-refractivity contribution < 1.29 is 14.4 Å². The van der Waals surface area contributed by atoms with Crippen molar-refractivity contribution in [3.8, 4) is 0 Å². The number of carbonyl (C=O) groups is 3. The molecule has 1 fully saturated rings. The highest BCUT2D eigenvalue weighted by molar-refractivity contribution is 9.10. The third-order valence-electron chi connectivity index (χ3n) is 4.49. The molecule has 0 aromatic heterocycles. The Balaban J connectivity index is 1.80. The first-order valence-electron chi connectivity index (χ1n) is 7.41. The molecule has 1 atom stereocenters. The van der Waals surface area contributed by atoms with Gasteiger partial charge in [0.25, 0.3) is 5.91 Å². The monoisotopic (exact) mass is 372 g/mol. The van der Waals surface area contributed by atoms with Gasteiger partial charge in [0.15, 0.2) is 0 Å². The third kappa shape index (κ3) is 2.16. The average Bonchev–Trinajstić information content (AvgIpc) is 2.54. The number of imide groups is 1. The quantitative estimate of drug-likeness (QED) is 0.781. The number of nitrogens with one attached hydrogen (secondary N) is 1. The fraction of sp³-hybridized carbons (Fsp3) is 0.235. The molecule has 2 aromatic carbocycles. The van der Waals surface area contributed by atoms with Gasteiger partial charge in [-0.15, -0.1) is 0 Å². The first-order chi connectivity index (χ1) is 11.1. The summed E-state index contributed by atoms with van der Waals surface area (Å²) in [7, 11) is 0. The van der Waals surface area contributed by atoms with Gasteiger partial charge in [-0.3, -0.25) is 19.7 Å². The summed E-state index contributed by atoms with van der Waals surface area (Å²) in [6.45, 7) is 0.381. The Labute approximate surface area is 140 Å². The molecule has 116 valence electrons. The van der Waals surface area contributed by atoms with Gasteiger partial charge in [0.1, 0.15) is 6.04 Å². The summed E-state index contributed by atoms with van der Waals surface area (Å²) in [6, 6.07) is 8.95. The van der Waals surface area contributed by atoms with E-state index in [4.69, 9.17) is 0 Å². The Morgan fingerprint density at radius 1 is 1.13 bits per heavy atom. The van der Waals surface area contributed by atoms with Crippen LogP contribution < -0.4 is 5.32 Å². The Kier molecular flexibility index (Phi) is 3.23. The van der Waals surface area contributed by atoms with Gasteiger partial charge in [-0.25, -0.2) is 0 Å². The van der Waals surface area contributed by atoms with Gasteiger partial charge in [0.05, 0.1) is 0 Å². The van der Waals surface area contributed by atoms with E-state index < -0.39 is 6.04 Å². The van der Waals surface area contributed by atoms with Crippen molar-refractivity contribution >= 4 is 44.4 Å². The average molecular weight is 373 g/mol. The number of carbonyl (C=O) groups excluding carboxylic acids is 3. The summed E-state index contributed by atoms with van der Waals surface area (Å²) in [4.78, 5) is 37.9. The predicted molar refractivity (Wildman–Crippen MR) is 87.7 cm³/mol. The lowest BCUT2D eigenvalue weighted by Crippen LogP contribution is -2.54. The van der Waals surface area contributed by atoms with Crippen molar-refractivity contribution in [1.29, 1.82) is 0 Å². The topological polar surface area (TPSA) is 66.5 Å². The maximum absolute atomic E-state index is 12.9. The van der Waals surface area contributed by atoms with Gasteiger partial charge >= 0.3 is 0 Å². The van der Waals surface area contributed by atoms with E-state index in [0.717, 1.165) is 20.8 Å². The second kappa shape index (κ2) is 5.16. The SMILES string of the molecule is O=C1CCC(N2Cc3ccc(Br)c4cccc(c34)C2=O)C(=O)N1. The molecule has 2 heterocycles. The smallest absolute Gasteiger partial charge is 0.255 e. The van der Waals surface area contributed by atoms with E-state index in [1.807, 2.05) is 24.3 Å². The summed E-state index contributed by atoms with van der Waals surface area (Å²) in [5.41, 5.74) is 1.62. The van der Waals surface area contributed by atoms with Crippen LogP contribution in [0.1, 0.15) is 28.8 Å². The second-order valence-electron chi connectivity index (χ2n) is 5.83. The maximum atomic E-state index is 12.9. The Morgan fingerprint density at radius 2 is 1.96 bits per heavy atom. The molecule has 3 amide bonds. The van der Waals surface area contributed by atoms with Gasteiger partial charge in [-0.05, 0) is 29.5 Å². The van der Waals surface area contributed by atoms with E-state index in [1.54, 1.807) is 11.0 Å². The fourth-order valence-corrected chi connectivity index (χ4v) is 3.86. The van der Waals surface area contributed by atoms with Crippen LogP contribution in [0.3, 0.4) is 0 Å². The molecular weight excluding hydrogens is 360 g/mol. The molecule has 1 saturated heterocycles. The van der Waals surface area contributed by atoms with E-state index in [9.17, 15) is 14.4 Å². The number of amides is 3. The molecule has 6 heteroatoms. The van der Waals surface area contributed by atoms with Crippen LogP contribution in [0.15, 0.2) is 34.8 Å². The number of hydrogen-bond donors (Lipinski definition) is 1. The number of rotatable bonds is 1. The Hall–Kier alpha value is -2.21. The molecule has 1 N–H and O–H groups in total. The van der Waals surface area contributed by atoms with E-state index in [2.05, 4.69) is 21.2 Å². The Morgan fingerprint density at radius 3 is 2.74 bits per heavy atom. The molecule has 0 bridgehead atoms. The molecule has 4 rings (SSSR count). The number of piperidine rings is 1. The molecular formula is C17H13BrN2O3. The van der Waals surface area contributed by atoms with Crippen molar-refractivity contribution in [3.63, 3.8) is 0 Å². The van der Waals surface area contributed by atoms with Crippen molar-refractivity contribution in [2.75, 3.05) is 0 Å². The molecule has 5 nitrogen and oxygen atoms in total. The van der Waals surface area contributed by atoms with Crippen LogP contribution in [0.5, 0.6) is 0 Å². The molecule has 0 radical (unpaired) electrons. The highest BCUT2D eigenvalue weighted by atomic mass is 79.9. The van der Waals surface area contributed by atoms with Crippen LogP contribution >= 0.6 is 15.9 Å². The summed E-state index contributed by atoms with van der Waals surface area (Å²) >= 11 is 3.52. The number of hydrogen-bond acceptors (Lipinski definition) is 3. The van der Waals surface area contributed by atoms with Gasteiger partial charge in [0, 0.05) is 28.4 Å². The largest absolute Gasteiger partial charge is 0.322 e. The number of nitrogens with zero attached hydrogens (tertiary/aromatic N) is 1. The van der Waals surface area contributed by atoms with E-state index in [0.29, 0.717) is 18.5 Å². The molecule has 1 unspecified atom stereocenters. The van der Waals surface area contributed by atoms with Crippen LogP contribution in [-0.2, 0) is 16.1 Å². The molecule has 2 aliphatic heterocycles. The van der Waals surface area contributed by atoms with Crippen LogP contribution in [0.25, 0.3) is 10.8 Å². The minimum Gasteiger partial charge on any atom is -0.322 e. The number of benzene rings is 2. The van der Waals surface area contributed by atoms with Crippen molar-refractivity contribution in [2.45, 2.75) is 25.4 Å². The zero-order valence-electron chi connectivity index (χ0n) is 12.1. The minimum atomic E-state index is -0.591. The second-order valence-corrected chi connectivity index (χ2v) is 6.69. The Bertz CT molecular complexity index is 878. The maximum Gasteiger partial charge on any atom is 0.255 e. The highest BCUT2D eigenvalue weighted by Crippen LogP contribution is 2.35. The summed E-state index contributed by atoms with van der Waals surface area (Å²) < 4.78 is 0.945. The first kappa shape index (κ1) is 14.4. The van der Waals surface area contributed by atoms with Gasteiger partial charge in [-0.2, -0.15) is 0 Å². The zero-order chi connectivity index (χ0) is 16.1. The van der Waals surface area contributed by atoms with Crippen molar-refractivity contribution in [3.05, 3.63) is 45.9 Å². The zero-order valence-corrected chi connectivity index (χ0v) is 13.7. The predicted octanol–water partition coefficient (Wildman–Crippen LogP) is 2.36. The van der Waals surface area contributed by atoms with Crippen molar-refractivity contribution in [1.82, 2.24) is 10.2 Å². The van der Waals surface area contributed by atoms with E-state index >= 15 is 0 Å². The minimum absolute atomic E-state index is 0.157. The fourth-order valence-electron chi connectivity index (χ4n) is 3.40. The van der Waals surface area contributed by atoms with Gasteiger partial charge in [-0.1, -0.05) is 34.1 Å². The number of halogens is 1. The molecule has 0 saturated carbocycles. The van der Waals surface area contributed by atoms with Crippen LogP contribution in [0.4, 0.5) is 0 Å². The summed E-state index contributed by atoms with van der Waals surface area (Å²) in [5, 5.41) is 4.26. The normalized spacial score (nSPS) is 20.8. The van der Waals surface area contributed by atoms with E-state index in [-0.39, 0.29) is 24.1 Å². The van der Waals surface area contributed by atoms with E-state index in [1.165, 1.54) is 0 Å². The molecule has 23 heavy (non-hydrogen) atoms. The standard InChI is InChI=1S/C17H13BrN2O3/c18-12-5-4-9-8-20(13-6-7-14(21)19-16(13)22)17(23)11-3-1-2-10(12)15(9)11/h1-5,13H,6-8H2,(H,19,21,22).